The molecule has 2 aromatic carbocycles. The highest BCUT2D eigenvalue weighted by atomic mass is 19.2. The minimum Gasteiger partial charge on any atom is -0.298 e. The van der Waals surface area contributed by atoms with Gasteiger partial charge in [0.05, 0.1) is 0 Å². The molecular weight excluding hydrogens is 312 g/mol. The maximum absolute atomic E-state index is 12.7. The van der Waals surface area contributed by atoms with E-state index >= 15 is 0 Å². The van der Waals surface area contributed by atoms with Gasteiger partial charge >= 0.3 is 0 Å². The summed E-state index contributed by atoms with van der Waals surface area (Å²) in [4.78, 5) is 21.4. The van der Waals surface area contributed by atoms with Crippen molar-refractivity contribution in [3.8, 4) is 0 Å². The summed E-state index contributed by atoms with van der Waals surface area (Å²) in [6.45, 7) is 1.76. The second-order valence-corrected chi connectivity index (χ2v) is 5.18. The Hall–Kier alpha value is -2.50. The van der Waals surface area contributed by atoms with Gasteiger partial charge in [0.1, 0.15) is 6.29 Å². The lowest BCUT2D eigenvalue weighted by molar-refractivity contribution is 0.0945. The first-order valence-corrected chi connectivity index (χ1v) is 6.75. The molecule has 3 rings (SSSR count). The Balaban J connectivity index is 0.000000174. The Kier molecular flexibility index (Phi) is 4.93. The topological polar surface area (TPSA) is 34.1 Å². The molecule has 2 nitrogen and oxygen atoms in total. The van der Waals surface area contributed by atoms with Crippen LogP contribution < -0.4 is 0 Å². The second-order valence-electron chi connectivity index (χ2n) is 5.18. The zero-order chi connectivity index (χ0) is 17.1. The highest BCUT2D eigenvalue weighted by molar-refractivity contribution is 6.01. The number of hydrogen-bond acceptors (Lipinski definition) is 2. The van der Waals surface area contributed by atoms with Crippen LogP contribution in [0.15, 0.2) is 30.3 Å². The van der Waals surface area contributed by atoms with Crippen LogP contribution in [0.5, 0.6) is 0 Å². The normalized spacial score (nSPS) is 15.7. The molecule has 0 bridgehead atoms. The summed E-state index contributed by atoms with van der Waals surface area (Å²) in [5.41, 5.74) is 1.10. The van der Waals surface area contributed by atoms with Crippen molar-refractivity contribution in [3.05, 3.63) is 70.3 Å². The van der Waals surface area contributed by atoms with Crippen LogP contribution in [0.25, 0.3) is 0 Å². The lowest BCUT2D eigenvalue weighted by Gasteiger charge is -1.97. The number of ketones is 1. The summed E-state index contributed by atoms with van der Waals surface area (Å²) in [5, 5.41) is 0. The van der Waals surface area contributed by atoms with Crippen molar-refractivity contribution >= 4 is 12.1 Å². The van der Waals surface area contributed by atoms with Crippen LogP contribution in [0.2, 0.25) is 0 Å². The van der Waals surface area contributed by atoms with Gasteiger partial charge in [0.2, 0.25) is 0 Å². The van der Waals surface area contributed by atoms with Crippen LogP contribution in [0.4, 0.5) is 17.6 Å². The van der Waals surface area contributed by atoms with Gasteiger partial charge in [-0.25, -0.2) is 17.6 Å². The lowest BCUT2D eigenvalue weighted by atomic mass is 10.1. The fourth-order valence-electron chi connectivity index (χ4n) is 2.26. The highest BCUT2D eigenvalue weighted by Crippen LogP contribution is 2.28. The third-order valence-corrected chi connectivity index (χ3v) is 3.47. The maximum atomic E-state index is 12.7. The quantitative estimate of drug-likeness (QED) is 0.584. The fraction of sp³-hybridized carbons (Fsp3) is 0.176. The molecule has 0 aromatic heterocycles. The summed E-state index contributed by atoms with van der Waals surface area (Å²) in [7, 11) is 0. The Labute approximate surface area is 129 Å². The van der Waals surface area contributed by atoms with Crippen molar-refractivity contribution in [1.29, 1.82) is 0 Å². The summed E-state index contributed by atoms with van der Waals surface area (Å²) in [6, 6.07) is 5.09. The van der Waals surface area contributed by atoms with E-state index in [1.165, 1.54) is 6.07 Å². The minimum atomic E-state index is -0.996. The number of fused-ring (bicyclic) bond motifs is 1. The second kappa shape index (κ2) is 6.73. The van der Waals surface area contributed by atoms with Gasteiger partial charge in [-0.05, 0) is 42.3 Å². The Morgan fingerprint density at radius 3 is 2.17 bits per heavy atom. The Morgan fingerprint density at radius 1 is 0.957 bits per heavy atom. The van der Waals surface area contributed by atoms with Crippen molar-refractivity contribution in [3.63, 3.8) is 0 Å². The number of hydrogen-bond donors (Lipinski definition) is 0. The van der Waals surface area contributed by atoms with Crippen molar-refractivity contribution in [2.45, 2.75) is 13.3 Å². The molecule has 23 heavy (non-hydrogen) atoms. The molecule has 0 fully saturated rings. The average molecular weight is 324 g/mol. The van der Waals surface area contributed by atoms with E-state index in [2.05, 4.69) is 0 Å². The molecule has 6 heteroatoms. The first-order valence-electron chi connectivity index (χ1n) is 6.75. The molecule has 0 saturated heterocycles. The van der Waals surface area contributed by atoms with Crippen molar-refractivity contribution in [2.75, 3.05) is 0 Å². The van der Waals surface area contributed by atoms with Gasteiger partial charge in [0.15, 0.2) is 29.1 Å². The molecule has 1 aliphatic carbocycles. The first kappa shape index (κ1) is 16.9. The van der Waals surface area contributed by atoms with E-state index in [1.807, 2.05) is 0 Å². The molecule has 120 valence electrons. The molecule has 0 amide bonds. The molecule has 0 spiro atoms. The molecule has 0 radical (unpaired) electrons. The number of aldehydes is 1. The number of halogens is 4. The number of carbonyl (C=O) groups is 2. The third-order valence-electron chi connectivity index (χ3n) is 3.47. The fourth-order valence-corrected chi connectivity index (χ4v) is 2.26. The van der Waals surface area contributed by atoms with Gasteiger partial charge in [0.25, 0.3) is 0 Å². The van der Waals surface area contributed by atoms with Gasteiger partial charge in [-0.1, -0.05) is 6.92 Å². The van der Waals surface area contributed by atoms with Gasteiger partial charge in [-0.2, -0.15) is 0 Å². The van der Waals surface area contributed by atoms with Crippen LogP contribution in [0, 0.1) is 29.2 Å². The van der Waals surface area contributed by atoms with Crippen molar-refractivity contribution < 1.29 is 27.2 Å². The minimum absolute atomic E-state index is 0.0890. The zero-order valence-corrected chi connectivity index (χ0v) is 12.1. The summed E-state index contributed by atoms with van der Waals surface area (Å²) >= 11 is 0. The van der Waals surface area contributed by atoms with Gasteiger partial charge in [-0.3, -0.25) is 9.59 Å². The largest absolute Gasteiger partial charge is 0.298 e. The zero-order valence-electron chi connectivity index (χ0n) is 12.1. The van der Waals surface area contributed by atoms with Crippen molar-refractivity contribution in [2.24, 2.45) is 5.92 Å². The van der Waals surface area contributed by atoms with E-state index in [-0.39, 0.29) is 17.3 Å². The molecule has 0 aliphatic heterocycles. The van der Waals surface area contributed by atoms with E-state index in [1.54, 1.807) is 6.92 Å². The SMILES string of the molecule is CC1Cc2cc(F)c(F)cc2C1=O.O=Cc1ccc(F)c(F)c1. The van der Waals surface area contributed by atoms with Crippen LogP contribution >= 0.6 is 0 Å². The van der Waals surface area contributed by atoms with Crippen molar-refractivity contribution in [1.82, 2.24) is 0 Å². The molecule has 0 saturated carbocycles. The lowest BCUT2D eigenvalue weighted by Crippen LogP contribution is -2.03. The summed E-state index contributed by atoms with van der Waals surface area (Å²) in [6.07, 6.45) is 0.980. The Morgan fingerprint density at radius 2 is 1.57 bits per heavy atom. The monoisotopic (exact) mass is 324 g/mol. The average Bonchev–Trinajstić information content (AvgIpc) is 2.78. The van der Waals surface area contributed by atoms with E-state index in [4.69, 9.17) is 0 Å². The maximum Gasteiger partial charge on any atom is 0.166 e. The Bertz CT molecular complexity index is 771. The molecule has 0 N–H and O–H groups in total. The van der Waals surface area contributed by atoms with E-state index < -0.39 is 23.3 Å². The predicted octanol–water partition coefficient (Wildman–Crippen LogP) is 4.12. The number of rotatable bonds is 1. The number of carbonyl (C=O) groups excluding carboxylic acids is 2. The van der Waals surface area contributed by atoms with E-state index in [9.17, 15) is 27.2 Å². The number of benzene rings is 2. The highest BCUT2D eigenvalue weighted by Gasteiger charge is 2.28. The standard InChI is InChI=1S/C10H8F2O.C7H4F2O/c1-5-2-6-3-8(11)9(12)4-7(6)10(5)13;8-6-2-1-5(4-10)3-7(6)9/h3-5H,2H2,1H3;1-4H. The van der Waals surface area contributed by atoms with E-state index in [0.717, 1.165) is 24.3 Å². The summed E-state index contributed by atoms with van der Waals surface area (Å²) in [5.74, 6) is -3.98. The first-order chi connectivity index (χ1) is 10.8. The van der Waals surface area contributed by atoms with Crippen LogP contribution in [-0.2, 0) is 6.42 Å². The van der Waals surface area contributed by atoms with E-state index in [0.29, 0.717) is 23.8 Å². The number of Topliss-reactive ketones (excluding diaryl/α,β-unsaturated/α-hetero) is 1. The van der Waals surface area contributed by atoms with Gasteiger partial charge < -0.3 is 0 Å². The smallest absolute Gasteiger partial charge is 0.166 e. The molecule has 0 heterocycles. The molecule has 1 aliphatic rings. The van der Waals surface area contributed by atoms with Crippen LogP contribution in [0.3, 0.4) is 0 Å². The molecule has 2 aromatic rings. The third kappa shape index (κ3) is 3.64. The van der Waals surface area contributed by atoms with Crippen LogP contribution in [0.1, 0.15) is 33.2 Å². The molecule has 1 unspecified atom stereocenters. The summed E-state index contributed by atoms with van der Waals surface area (Å²) < 4.78 is 49.9. The molecule has 1 atom stereocenters. The van der Waals surface area contributed by atoms with Gasteiger partial charge in [0, 0.05) is 17.0 Å². The molecular formula is C17H12F4O2. The van der Waals surface area contributed by atoms with Crippen LogP contribution in [-0.4, -0.2) is 12.1 Å². The predicted molar refractivity (Wildman–Crippen MR) is 75.3 cm³/mol. The van der Waals surface area contributed by atoms with Gasteiger partial charge in [-0.15, -0.1) is 0 Å².